The summed E-state index contributed by atoms with van der Waals surface area (Å²) in [7, 11) is 1.84. The van der Waals surface area contributed by atoms with Crippen LogP contribution in [0.3, 0.4) is 0 Å². The van der Waals surface area contributed by atoms with E-state index in [9.17, 15) is 0 Å². The van der Waals surface area contributed by atoms with E-state index in [2.05, 4.69) is 50.0 Å². The SMILES string of the molecule is CN=C(NCCc1cn2ccccc2n1)NCC(C(C)C)N1CCCCCC1.I. The molecule has 0 bridgehead atoms. The Kier molecular flexibility index (Phi) is 10.2. The molecule has 1 atom stereocenters. The summed E-state index contributed by atoms with van der Waals surface area (Å²) < 4.78 is 2.07. The van der Waals surface area contributed by atoms with E-state index in [0.29, 0.717) is 12.0 Å². The number of likely N-dealkylation sites (tertiary alicyclic amines) is 1. The van der Waals surface area contributed by atoms with Gasteiger partial charge in [-0.25, -0.2) is 4.98 Å². The molecule has 0 saturated carbocycles. The summed E-state index contributed by atoms with van der Waals surface area (Å²) in [6, 6.07) is 6.63. The summed E-state index contributed by atoms with van der Waals surface area (Å²) in [5.41, 5.74) is 2.09. The number of hydrogen-bond acceptors (Lipinski definition) is 3. The van der Waals surface area contributed by atoms with Crippen molar-refractivity contribution in [3.05, 3.63) is 36.3 Å². The van der Waals surface area contributed by atoms with Gasteiger partial charge in [0.25, 0.3) is 0 Å². The molecule has 0 amide bonds. The van der Waals surface area contributed by atoms with E-state index in [0.717, 1.165) is 36.8 Å². The molecule has 29 heavy (non-hydrogen) atoms. The number of aliphatic imine (C=N–C) groups is 1. The molecule has 7 heteroatoms. The number of pyridine rings is 1. The van der Waals surface area contributed by atoms with Crippen molar-refractivity contribution >= 4 is 35.6 Å². The Morgan fingerprint density at radius 1 is 1.14 bits per heavy atom. The summed E-state index contributed by atoms with van der Waals surface area (Å²) in [5.74, 6) is 1.51. The fraction of sp³-hybridized carbons (Fsp3) is 0.636. The lowest BCUT2D eigenvalue weighted by Crippen LogP contribution is -2.50. The van der Waals surface area contributed by atoms with Crippen LogP contribution < -0.4 is 10.6 Å². The van der Waals surface area contributed by atoms with Crippen molar-refractivity contribution in [1.82, 2.24) is 24.9 Å². The van der Waals surface area contributed by atoms with Crippen LogP contribution in [0.4, 0.5) is 0 Å². The molecule has 3 heterocycles. The first kappa shape index (κ1) is 23.9. The third-order valence-corrected chi connectivity index (χ3v) is 5.67. The van der Waals surface area contributed by atoms with Gasteiger partial charge in [-0.1, -0.05) is 32.8 Å². The van der Waals surface area contributed by atoms with Crippen LogP contribution in [0, 0.1) is 5.92 Å². The average molecular weight is 512 g/mol. The largest absolute Gasteiger partial charge is 0.356 e. The van der Waals surface area contributed by atoms with Gasteiger partial charge >= 0.3 is 0 Å². The molecular weight excluding hydrogens is 475 g/mol. The van der Waals surface area contributed by atoms with Gasteiger partial charge in [0.05, 0.1) is 5.69 Å². The third-order valence-electron chi connectivity index (χ3n) is 5.67. The van der Waals surface area contributed by atoms with Crippen molar-refractivity contribution in [3.63, 3.8) is 0 Å². The van der Waals surface area contributed by atoms with E-state index >= 15 is 0 Å². The molecule has 1 aliphatic rings. The normalized spacial score (nSPS) is 17.0. The third kappa shape index (κ3) is 7.13. The Labute approximate surface area is 192 Å². The molecule has 0 radical (unpaired) electrons. The van der Waals surface area contributed by atoms with Crippen molar-refractivity contribution in [2.45, 2.75) is 52.0 Å². The second-order valence-corrected chi connectivity index (χ2v) is 8.09. The number of nitrogens with zero attached hydrogens (tertiary/aromatic N) is 4. The van der Waals surface area contributed by atoms with Crippen LogP contribution in [0.2, 0.25) is 0 Å². The number of guanidine groups is 1. The molecule has 1 unspecified atom stereocenters. The van der Waals surface area contributed by atoms with Crippen molar-refractivity contribution in [2.75, 3.05) is 33.2 Å². The fourth-order valence-corrected chi connectivity index (χ4v) is 4.05. The predicted molar refractivity (Wildman–Crippen MR) is 132 cm³/mol. The number of rotatable bonds is 7. The van der Waals surface area contributed by atoms with Gasteiger partial charge in [0.2, 0.25) is 0 Å². The van der Waals surface area contributed by atoms with E-state index < -0.39 is 0 Å². The molecule has 1 fully saturated rings. The first-order chi connectivity index (χ1) is 13.7. The zero-order valence-corrected chi connectivity index (χ0v) is 20.4. The van der Waals surface area contributed by atoms with Crippen LogP contribution in [-0.2, 0) is 6.42 Å². The smallest absolute Gasteiger partial charge is 0.191 e. The maximum atomic E-state index is 4.66. The van der Waals surface area contributed by atoms with Gasteiger partial charge in [0.15, 0.2) is 5.96 Å². The lowest BCUT2D eigenvalue weighted by atomic mass is 10.0. The zero-order valence-electron chi connectivity index (χ0n) is 18.1. The van der Waals surface area contributed by atoms with Crippen molar-refractivity contribution in [2.24, 2.45) is 10.9 Å². The monoisotopic (exact) mass is 512 g/mol. The minimum Gasteiger partial charge on any atom is -0.356 e. The Morgan fingerprint density at radius 2 is 1.90 bits per heavy atom. The standard InChI is InChI=1S/C22H36N6.HI/c1-18(2)20(27-13-7-4-5-8-14-27)16-25-22(23-3)24-12-11-19-17-28-15-9-6-10-21(28)26-19;/h6,9-10,15,17-18,20H,4-5,7-8,11-14,16H2,1-3H3,(H2,23,24,25);1H. The van der Waals surface area contributed by atoms with Gasteiger partial charge in [-0.3, -0.25) is 9.89 Å². The number of halogens is 1. The molecule has 162 valence electrons. The Bertz CT molecular complexity index is 716. The van der Waals surface area contributed by atoms with Crippen molar-refractivity contribution in [1.29, 1.82) is 0 Å². The summed E-state index contributed by atoms with van der Waals surface area (Å²) in [5, 5.41) is 7.00. The van der Waals surface area contributed by atoms with Crippen molar-refractivity contribution in [3.8, 4) is 0 Å². The molecule has 0 aromatic carbocycles. The van der Waals surface area contributed by atoms with E-state index in [1.54, 1.807) is 0 Å². The second-order valence-electron chi connectivity index (χ2n) is 8.09. The minimum atomic E-state index is 0. The van der Waals surface area contributed by atoms with Gasteiger partial charge in [0.1, 0.15) is 5.65 Å². The van der Waals surface area contributed by atoms with Crippen LogP contribution >= 0.6 is 24.0 Å². The first-order valence-electron chi connectivity index (χ1n) is 10.8. The Balaban J connectivity index is 0.00000300. The first-order valence-corrected chi connectivity index (χ1v) is 10.8. The van der Waals surface area contributed by atoms with E-state index in [1.165, 1.54) is 38.8 Å². The van der Waals surface area contributed by atoms with Crippen LogP contribution in [0.5, 0.6) is 0 Å². The van der Waals surface area contributed by atoms with Gasteiger partial charge in [-0.15, -0.1) is 24.0 Å². The Hall–Kier alpha value is -1.35. The summed E-state index contributed by atoms with van der Waals surface area (Å²) >= 11 is 0. The van der Waals surface area contributed by atoms with Crippen LogP contribution in [-0.4, -0.2) is 59.5 Å². The highest BCUT2D eigenvalue weighted by Crippen LogP contribution is 2.17. The molecule has 0 aliphatic carbocycles. The molecule has 6 nitrogen and oxygen atoms in total. The van der Waals surface area contributed by atoms with Gasteiger partial charge < -0.3 is 15.0 Å². The number of nitrogens with one attached hydrogen (secondary N) is 2. The predicted octanol–water partition coefficient (Wildman–Crippen LogP) is 3.56. The van der Waals surface area contributed by atoms with E-state index in [-0.39, 0.29) is 24.0 Å². The highest BCUT2D eigenvalue weighted by Gasteiger charge is 2.22. The summed E-state index contributed by atoms with van der Waals surface area (Å²) in [6.07, 6.45) is 10.4. The maximum absolute atomic E-state index is 4.66. The molecule has 2 aromatic rings. The fourth-order valence-electron chi connectivity index (χ4n) is 4.05. The summed E-state index contributed by atoms with van der Waals surface area (Å²) in [6.45, 7) is 8.87. The second kappa shape index (κ2) is 12.4. The number of imidazole rings is 1. The maximum Gasteiger partial charge on any atom is 0.191 e. The number of aromatic nitrogens is 2. The van der Waals surface area contributed by atoms with Crippen LogP contribution in [0.15, 0.2) is 35.6 Å². The van der Waals surface area contributed by atoms with E-state index in [1.807, 2.05) is 31.4 Å². The van der Waals surface area contributed by atoms with Gasteiger partial charge in [0, 0.05) is 45.0 Å². The van der Waals surface area contributed by atoms with Crippen molar-refractivity contribution < 1.29 is 0 Å². The zero-order chi connectivity index (χ0) is 19.8. The lowest BCUT2D eigenvalue weighted by Gasteiger charge is -2.34. The van der Waals surface area contributed by atoms with Crippen LogP contribution in [0.25, 0.3) is 5.65 Å². The summed E-state index contributed by atoms with van der Waals surface area (Å²) in [4.78, 5) is 11.7. The van der Waals surface area contributed by atoms with Gasteiger partial charge in [-0.05, 0) is 44.0 Å². The number of fused-ring (bicyclic) bond motifs is 1. The Morgan fingerprint density at radius 3 is 2.55 bits per heavy atom. The molecule has 1 aliphatic heterocycles. The van der Waals surface area contributed by atoms with Gasteiger partial charge in [-0.2, -0.15) is 0 Å². The highest BCUT2D eigenvalue weighted by molar-refractivity contribution is 14.0. The molecule has 2 aromatic heterocycles. The minimum absolute atomic E-state index is 0. The topological polar surface area (TPSA) is 57.0 Å². The quantitative estimate of drug-likeness (QED) is 0.339. The lowest BCUT2D eigenvalue weighted by molar-refractivity contribution is 0.161. The highest BCUT2D eigenvalue weighted by atomic mass is 127. The van der Waals surface area contributed by atoms with E-state index in [4.69, 9.17) is 0 Å². The molecule has 3 rings (SSSR count). The molecular formula is C22H37IN6. The molecule has 2 N–H and O–H groups in total. The molecule has 1 saturated heterocycles. The average Bonchev–Trinajstić information content (AvgIpc) is 2.91. The molecule has 0 spiro atoms. The van der Waals surface area contributed by atoms with Crippen LogP contribution in [0.1, 0.15) is 45.2 Å². The number of hydrogen-bond donors (Lipinski definition) is 2.